The summed E-state index contributed by atoms with van der Waals surface area (Å²) in [7, 11) is 0. The molecule has 3 N–H and O–H groups in total. The van der Waals surface area contributed by atoms with E-state index in [-0.39, 0.29) is 0 Å². The van der Waals surface area contributed by atoms with E-state index in [1.807, 2.05) is 0 Å². The summed E-state index contributed by atoms with van der Waals surface area (Å²) in [6.07, 6.45) is 3.42. The Labute approximate surface area is 103 Å². The first-order valence-corrected chi connectivity index (χ1v) is 5.40. The molecule has 0 aliphatic heterocycles. The average Bonchev–Trinajstić information content (AvgIpc) is 2.30. The SMILES string of the molecule is Nc1cnc(NCCc2cc(F)cc(F)c2)cn1. The normalized spacial score (nSPS) is 10.3. The molecule has 0 fully saturated rings. The van der Waals surface area contributed by atoms with Gasteiger partial charge in [-0.2, -0.15) is 0 Å². The number of nitrogens with one attached hydrogen (secondary N) is 1. The molecular formula is C12H12F2N4. The van der Waals surface area contributed by atoms with Crippen LogP contribution in [0, 0.1) is 11.6 Å². The molecule has 0 amide bonds. The van der Waals surface area contributed by atoms with Crippen LogP contribution in [0.15, 0.2) is 30.6 Å². The van der Waals surface area contributed by atoms with E-state index in [1.165, 1.54) is 24.5 Å². The maximum Gasteiger partial charge on any atom is 0.144 e. The number of hydrogen-bond acceptors (Lipinski definition) is 4. The van der Waals surface area contributed by atoms with Gasteiger partial charge in [0.05, 0.1) is 12.4 Å². The molecule has 0 aliphatic carbocycles. The van der Waals surface area contributed by atoms with Crippen LogP contribution in [0.1, 0.15) is 5.56 Å². The van der Waals surface area contributed by atoms with Gasteiger partial charge in [-0.05, 0) is 24.1 Å². The molecule has 0 atom stereocenters. The second-order valence-electron chi connectivity index (χ2n) is 3.78. The molecule has 1 aromatic heterocycles. The van der Waals surface area contributed by atoms with Crippen molar-refractivity contribution in [2.24, 2.45) is 0 Å². The van der Waals surface area contributed by atoms with Crippen molar-refractivity contribution < 1.29 is 8.78 Å². The van der Waals surface area contributed by atoms with E-state index in [0.717, 1.165) is 6.07 Å². The van der Waals surface area contributed by atoms with Crippen LogP contribution < -0.4 is 11.1 Å². The van der Waals surface area contributed by atoms with Gasteiger partial charge in [-0.15, -0.1) is 0 Å². The highest BCUT2D eigenvalue weighted by atomic mass is 19.1. The van der Waals surface area contributed by atoms with Crippen molar-refractivity contribution in [3.63, 3.8) is 0 Å². The minimum atomic E-state index is -0.572. The predicted molar refractivity (Wildman–Crippen MR) is 65.0 cm³/mol. The fraction of sp³-hybridized carbons (Fsp3) is 0.167. The van der Waals surface area contributed by atoms with Gasteiger partial charge in [0.2, 0.25) is 0 Å². The molecule has 0 saturated carbocycles. The standard InChI is InChI=1S/C12H12F2N4/c13-9-3-8(4-10(14)5-9)1-2-16-12-7-17-11(15)6-18-12/h3-7H,1-2H2,(H2,15,17)(H,16,18). The van der Waals surface area contributed by atoms with Crippen molar-refractivity contribution in [3.05, 3.63) is 47.8 Å². The van der Waals surface area contributed by atoms with Crippen LogP contribution >= 0.6 is 0 Å². The minimum Gasteiger partial charge on any atom is -0.382 e. The molecule has 0 spiro atoms. The van der Waals surface area contributed by atoms with E-state index in [2.05, 4.69) is 15.3 Å². The maximum absolute atomic E-state index is 12.9. The smallest absolute Gasteiger partial charge is 0.144 e. The first-order valence-electron chi connectivity index (χ1n) is 5.40. The maximum atomic E-state index is 12.9. The van der Waals surface area contributed by atoms with Gasteiger partial charge in [-0.1, -0.05) is 0 Å². The van der Waals surface area contributed by atoms with Gasteiger partial charge >= 0.3 is 0 Å². The average molecular weight is 250 g/mol. The molecule has 1 aromatic carbocycles. The number of anilines is 2. The molecule has 0 saturated heterocycles. The largest absolute Gasteiger partial charge is 0.382 e. The molecule has 4 nitrogen and oxygen atoms in total. The van der Waals surface area contributed by atoms with E-state index in [0.29, 0.717) is 30.2 Å². The summed E-state index contributed by atoms with van der Waals surface area (Å²) in [5.41, 5.74) is 5.98. The van der Waals surface area contributed by atoms with E-state index in [4.69, 9.17) is 5.73 Å². The third kappa shape index (κ3) is 3.38. The zero-order valence-electron chi connectivity index (χ0n) is 9.53. The van der Waals surface area contributed by atoms with Gasteiger partial charge in [0.1, 0.15) is 23.3 Å². The molecule has 0 radical (unpaired) electrons. The van der Waals surface area contributed by atoms with Gasteiger partial charge in [0.15, 0.2) is 0 Å². The molecule has 94 valence electrons. The van der Waals surface area contributed by atoms with Crippen molar-refractivity contribution in [1.82, 2.24) is 9.97 Å². The highest BCUT2D eigenvalue weighted by Gasteiger charge is 2.01. The number of hydrogen-bond donors (Lipinski definition) is 2. The number of halogens is 2. The Morgan fingerprint density at radius 2 is 1.78 bits per heavy atom. The minimum absolute atomic E-state index is 0.341. The monoisotopic (exact) mass is 250 g/mol. The Bertz CT molecular complexity index is 508. The van der Waals surface area contributed by atoms with Crippen molar-refractivity contribution in [3.8, 4) is 0 Å². The number of aromatic nitrogens is 2. The highest BCUT2D eigenvalue weighted by Crippen LogP contribution is 2.09. The molecule has 6 heteroatoms. The van der Waals surface area contributed by atoms with E-state index < -0.39 is 11.6 Å². The lowest BCUT2D eigenvalue weighted by Gasteiger charge is -2.05. The zero-order valence-corrected chi connectivity index (χ0v) is 9.53. The van der Waals surface area contributed by atoms with Gasteiger partial charge < -0.3 is 11.1 Å². The van der Waals surface area contributed by atoms with Gasteiger partial charge in [0, 0.05) is 12.6 Å². The quantitative estimate of drug-likeness (QED) is 0.871. The Morgan fingerprint density at radius 3 is 2.39 bits per heavy atom. The Morgan fingerprint density at radius 1 is 1.06 bits per heavy atom. The van der Waals surface area contributed by atoms with Crippen LogP contribution in [0.4, 0.5) is 20.4 Å². The predicted octanol–water partition coefficient (Wildman–Crippen LogP) is 1.99. The third-order valence-electron chi connectivity index (χ3n) is 2.31. The topological polar surface area (TPSA) is 63.8 Å². The van der Waals surface area contributed by atoms with Crippen molar-refractivity contribution in [2.75, 3.05) is 17.6 Å². The molecule has 1 heterocycles. The second kappa shape index (κ2) is 5.39. The first-order chi connectivity index (χ1) is 8.63. The van der Waals surface area contributed by atoms with E-state index in [9.17, 15) is 8.78 Å². The van der Waals surface area contributed by atoms with Gasteiger partial charge in [-0.25, -0.2) is 18.7 Å². The Hall–Kier alpha value is -2.24. The van der Waals surface area contributed by atoms with Crippen molar-refractivity contribution in [1.29, 1.82) is 0 Å². The van der Waals surface area contributed by atoms with Crippen LogP contribution in [0.25, 0.3) is 0 Å². The van der Waals surface area contributed by atoms with E-state index in [1.54, 1.807) is 0 Å². The van der Waals surface area contributed by atoms with Crippen LogP contribution in [-0.2, 0) is 6.42 Å². The summed E-state index contributed by atoms with van der Waals surface area (Å²) in [5, 5.41) is 2.99. The van der Waals surface area contributed by atoms with Gasteiger partial charge in [-0.3, -0.25) is 0 Å². The third-order valence-corrected chi connectivity index (χ3v) is 2.31. The molecular weight excluding hydrogens is 238 g/mol. The number of nitrogens with zero attached hydrogens (tertiary/aromatic N) is 2. The van der Waals surface area contributed by atoms with Crippen molar-refractivity contribution in [2.45, 2.75) is 6.42 Å². The fourth-order valence-corrected chi connectivity index (χ4v) is 1.52. The molecule has 2 aromatic rings. The van der Waals surface area contributed by atoms with Crippen LogP contribution in [0.5, 0.6) is 0 Å². The summed E-state index contributed by atoms with van der Waals surface area (Å²) in [6, 6.07) is 3.46. The first kappa shape index (κ1) is 12.2. The summed E-state index contributed by atoms with van der Waals surface area (Å²) < 4.78 is 25.9. The van der Waals surface area contributed by atoms with E-state index >= 15 is 0 Å². The number of nitrogen functional groups attached to an aromatic ring is 1. The zero-order chi connectivity index (χ0) is 13.0. The lowest BCUT2D eigenvalue weighted by atomic mass is 10.1. The van der Waals surface area contributed by atoms with Crippen molar-refractivity contribution >= 4 is 11.6 Å². The molecule has 18 heavy (non-hydrogen) atoms. The molecule has 0 unspecified atom stereocenters. The van der Waals surface area contributed by atoms with Crippen LogP contribution in [-0.4, -0.2) is 16.5 Å². The highest BCUT2D eigenvalue weighted by molar-refractivity contribution is 5.36. The van der Waals surface area contributed by atoms with Gasteiger partial charge in [0.25, 0.3) is 0 Å². The Balaban J connectivity index is 1.90. The molecule has 0 aliphatic rings. The number of rotatable bonds is 4. The summed E-state index contributed by atoms with van der Waals surface area (Å²) in [6.45, 7) is 0.501. The summed E-state index contributed by atoms with van der Waals surface area (Å²) in [5.74, 6) is -0.233. The lowest BCUT2D eigenvalue weighted by molar-refractivity contribution is 0.580. The molecule has 0 bridgehead atoms. The van der Waals surface area contributed by atoms with Crippen LogP contribution in [0.2, 0.25) is 0 Å². The lowest BCUT2D eigenvalue weighted by Crippen LogP contribution is -2.07. The number of benzene rings is 1. The Kier molecular flexibility index (Phi) is 3.66. The fourth-order valence-electron chi connectivity index (χ4n) is 1.52. The summed E-state index contributed by atoms with van der Waals surface area (Å²) in [4.78, 5) is 7.86. The van der Waals surface area contributed by atoms with Crippen LogP contribution in [0.3, 0.4) is 0 Å². The molecule has 2 rings (SSSR count). The number of nitrogens with two attached hydrogens (primary N) is 1. The second-order valence-corrected chi connectivity index (χ2v) is 3.78. The summed E-state index contributed by atoms with van der Waals surface area (Å²) >= 11 is 0.